The second-order valence-corrected chi connectivity index (χ2v) is 23.0. The first-order chi connectivity index (χ1) is 41.7. The summed E-state index contributed by atoms with van der Waals surface area (Å²) in [5, 5.41) is 5.82. The van der Waals surface area contributed by atoms with Crippen LogP contribution >= 0.6 is 11.3 Å². The van der Waals surface area contributed by atoms with Crippen molar-refractivity contribution in [3.63, 3.8) is 0 Å². The fourth-order valence-electron chi connectivity index (χ4n) is 14.0. The average molecular weight is 1090 g/mol. The van der Waals surface area contributed by atoms with E-state index in [0.29, 0.717) is 5.95 Å². The van der Waals surface area contributed by atoms with Crippen molar-refractivity contribution in [2.24, 2.45) is 0 Å². The number of rotatable bonds is 9. The number of fused-ring (bicyclic) bond motifs is 15. The summed E-state index contributed by atoms with van der Waals surface area (Å²) in [7, 11) is 0. The van der Waals surface area contributed by atoms with E-state index in [0.717, 1.165) is 56.0 Å². The first-order valence-corrected chi connectivity index (χ1v) is 29.5. The van der Waals surface area contributed by atoms with Crippen molar-refractivity contribution in [2.75, 3.05) is 9.80 Å². The highest BCUT2D eigenvalue weighted by atomic mass is 32.1. The van der Waals surface area contributed by atoms with Gasteiger partial charge in [-0.25, -0.2) is 9.97 Å². The molecule has 0 N–H and O–H groups in total. The van der Waals surface area contributed by atoms with E-state index in [4.69, 9.17) is 9.97 Å². The molecule has 17 rings (SSSR count). The van der Waals surface area contributed by atoms with Gasteiger partial charge in [0.1, 0.15) is 0 Å². The first-order valence-electron chi connectivity index (χ1n) is 28.7. The van der Waals surface area contributed by atoms with Crippen molar-refractivity contribution in [1.29, 1.82) is 0 Å². The maximum Gasteiger partial charge on any atom is 0.235 e. The van der Waals surface area contributed by atoms with Gasteiger partial charge in [-0.05, 0) is 156 Å². The Labute approximate surface area is 491 Å². The molecule has 0 atom stereocenters. The van der Waals surface area contributed by atoms with Crippen LogP contribution in [0.3, 0.4) is 0 Å². The monoisotopic (exact) mass is 1090 g/mol. The van der Waals surface area contributed by atoms with Crippen LogP contribution in [0.5, 0.6) is 0 Å². The van der Waals surface area contributed by atoms with Crippen LogP contribution in [0.15, 0.2) is 303 Å². The molecule has 5 heteroatoms. The molecular formula is C79H50N4S. The van der Waals surface area contributed by atoms with Gasteiger partial charge in [0, 0.05) is 53.9 Å². The predicted octanol–water partition coefficient (Wildman–Crippen LogP) is 21.4. The van der Waals surface area contributed by atoms with Crippen molar-refractivity contribution in [1.82, 2.24) is 9.97 Å². The standard InChI is InChI=1S/C79H50N4S/c1-4-22-51(23-5-1)77-66-34-13-17-42-72(66)80-78(81-77)83(57-30-19-29-56(50-57)82(54-25-6-2-7-26-54)55-27-8-3-9-28-55)58-45-46-59-52(48-58)24-18-36-61(59)64-37-21-43-74-76(64)67-49-53(44-47-73(67)84-74)60-35-20-41-71-75(60)65-33-12-16-40-70(65)79(71)68-38-14-10-31-62(68)63-32-11-15-39-69(63)79/h1-50H. The zero-order chi connectivity index (χ0) is 55.3. The molecule has 0 unspecified atom stereocenters. The molecule has 4 nitrogen and oxygen atoms in total. The van der Waals surface area contributed by atoms with E-state index in [9.17, 15) is 0 Å². The number of hydrogen-bond donors (Lipinski definition) is 0. The molecule has 1 spiro atoms. The summed E-state index contributed by atoms with van der Waals surface area (Å²) in [6.07, 6.45) is 0. The van der Waals surface area contributed by atoms with Gasteiger partial charge in [-0.2, -0.15) is 0 Å². The van der Waals surface area contributed by atoms with Gasteiger partial charge in [-0.15, -0.1) is 11.3 Å². The Morgan fingerprint density at radius 2 is 0.845 bits per heavy atom. The Morgan fingerprint density at radius 3 is 1.60 bits per heavy atom. The summed E-state index contributed by atoms with van der Waals surface area (Å²) in [6.45, 7) is 0. The summed E-state index contributed by atoms with van der Waals surface area (Å²) in [5.74, 6) is 0.581. The van der Waals surface area contributed by atoms with Crippen LogP contribution in [0.25, 0.3) is 97.6 Å². The van der Waals surface area contributed by atoms with Gasteiger partial charge in [-0.3, -0.25) is 4.90 Å². The topological polar surface area (TPSA) is 32.3 Å². The van der Waals surface area contributed by atoms with Crippen LogP contribution in [-0.4, -0.2) is 9.97 Å². The fourth-order valence-corrected chi connectivity index (χ4v) is 15.1. The van der Waals surface area contributed by atoms with Crippen molar-refractivity contribution < 1.29 is 0 Å². The Kier molecular flexibility index (Phi) is 11.0. The number of hydrogen-bond acceptors (Lipinski definition) is 5. The van der Waals surface area contributed by atoms with Crippen molar-refractivity contribution in [3.05, 3.63) is 326 Å². The highest BCUT2D eigenvalue weighted by molar-refractivity contribution is 7.26. The molecule has 84 heavy (non-hydrogen) atoms. The lowest BCUT2D eigenvalue weighted by atomic mass is 9.70. The summed E-state index contributed by atoms with van der Waals surface area (Å²) in [6, 6.07) is 111. The first kappa shape index (κ1) is 48.0. The summed E-state index contributed by atoms with van der Waals surface area (Å²) < 4.78 is 2.54. The minimum Gasteiger partial charge on any atom is -0.310 e. The number of aromatic nitrogens is 2. The fraction of sp³-hybridized carbons (Fsp3) is 0.0127. The highest BCUT2D eigenvalue weighted by Gasteiger charge is 2.52. The molecule has 0 fully saturated rings. The maximum absolute atomic E-state index is 5.52. The molecular weight excluding hydrogens is 1040 g/mol. The smallest absolute Gasteiger partial charge is 0.235 e. The average Bonchev–Trinajstić information content (AvgIpc) is 1.61. The quantitative estimate of drug-likeness (QED) is 0.144. The SMILES string of the molecule is c1ccc(-c2nc(N(c3cccc(N(c4ccccc4)c4ccccc4)c3)c3ccc4c(-c5cccc6sc7ccc(-c8cccc9c8-c8ccccc8C98c9ccccc9-c9ccccc98)cc7c56)cccc4c3)nc3ccccc23)cc1. The van der Waals surface area contributed by atoms with Crippen LogP contribution in [0.4, 0.5) is 34.4 Å². The molecule has 2 aromatic heterocycles. The molecule has 13 aromatic carbocycles. The molecule has 2 heterocycles. The van der Waals surface area contributed by atoms with Crippen LogP contribution in [0, 0.1) is 0 Å². The van der Waals surface area contributed by atoms with Gasteiger partial charge < -0.3 is 4.90 Å². The van der Waals surface area contributed by atoms with Crippen LogP contribution in [-0.2, 0) is 5.41 Å². The van der Waals surface area contributed by atoms with Gasteiger partial charge in [0.2, 0.25) is 5.95 Å². The Bertz CT molecular complexity index is 5020. The third kappa shape index (κ3) is 7.32. The molecule has 0 saturated carbocycles. The second-order valence-electron chi connectivity index (χ2n) is 21.9. The molecule has 0 saturated heterocycles. The summed E-state index contributed by atoms with van der Waals surface area (Å²) >= 11 is 1.87. The van der Waals surface area contributed by atoms with E-state index in [-0.39, 0.29) is 0 Å². The van der Waals surface area contributed by atoms with Gasteiger partial charge in [0.05, 0.1) is 22.3 Å². The Morgan fingerprint density at radius 1 is 0.298 bits per heavy atom. The van der Waals surface area contributed by atoms with Gasteiger partial charge >= 0.3 is 0 Å². The van der Waals surface area contributed by atoms with Gasteiger partial charge in [0.15, 0.2) is 0 Å². The molecule has 0 radical (unpaired) electrons. The molecule has 0 bridgehead atoms. The van der Waals surface area contributed by atoms with E-state index in [1.54, 1.807) is 0 Å². The minimum absolute atomic E-state index is 0.406. The van der Waals surface area contributed by atoms with E-state index < -0.39 is 5.41 Å². The lowest BCUT2D eigenvalue weighted by molar-refractivity contribution is 0.794. The third-order valence-electron chi connectivity index (χ3n) is 17.5. The predicted molar refractivity (Wildman–Crippen MR) is 352 cm³/mol. The van der Waals surface area contributed by atoms with Crippen LogP contribution in [0.1, 0.15) is 22.3 Å². The lowest BCUT2D eigenvalue weighted by Crippen LogP contribution is -2.25. The largest absolute Gasteiger partial charge is 0.310 e. The molecule has 2 aliphatic carbocycles. The number of nitrogens with zero attached hydrogens (tertiary/aromatic N) is 4. The molecule has 0 aliphatic heterocycles. The number of thiophene rings is 1. The van der Waals surface area contributed by atoms with Gasteiger partial charge in [-0.1, -0.05) is 224 Å². The van der Waals surface area contributed by atoms with Crippen molar-refractivity contribution in [2.45, 2.75) is 5.41 Å². The zero-order valence-electron chi connectivity index (χ0n) is 45.6. The second kappa shape index (κ2) is 19.2. The Hall–Kier alpha value is -10.7. The lowest BCUT2D eigenvalue weighted by Gasteiger charge is -2.30. The highest BCUT2D eigenvalue weighted by Crippen LogP contribution is 2.64. The van der Waals surface area contributed by atoms with Gasteiger partial charge in [0.25, 0.3) is 0 Å². The molecule has 392 valence electrons. The minimum atomic E-state index is -0.406. The molecule has 0 amide bonds. The number of benzene rings is 13. The van der Waals surface area contributed by atoms with Crippen molar-refractivity contribution in [3.8, 4) is 55.8 Å². The van der Waals surface area contributed by atoms with E-state index >= 15 is 0 Å². The van der Waals surface area contributed by atoms with E-state index in [2.05, 4.69) is 313 Å². The molecule has 2 aliphatic rings. The zero-order valence-corrected chi connectivity index (χ0v) is 46.4. The number of anilines is 6. The number of para-hydroxylation sites is 3. The third-order valence-corrected chi connectivity index (χ3v) is 18.6. The van der Waals surface area contributed by atoms with E-state index in [1.165, 1.54) is 92.3 Å². The molecule has 15 aromatic rings. The van der Waals surface area contributed by atoms with Crippen LogP contribution < -0.4 is 9.80 Å². The normalized spacial score (nSPS) is 12.6. The van der Waals surface area contributed by atoms with E-state index in [1.807, 2.05) is 11.3 Å². The maximum atomic E-state index is 5.52. The Balaban J connectivity index is 0.825. The summed E-state index contributed by atoms with van der Waals surface area (Å²) in [5.41, 5.74) is 22.9. The summed E-state index contributed by atoms with van der Waals surface area (Å²) in [4.78, 5) is 15.4. The van der Waals surface area contributed by atoms with Crippen molar-refractivity contribution >= 4 is 87.6 Å². The van der Waals surface area contributed by atoms with Crippen LogP contribution in [0.2, 0.25) is 0 Å².